The smallest absolute Gasteiger partial charge is 0.193 e. The molecular formula is C18H31IN6. The maximum absolute atomic E-state index is 4.67. The number of nitrogens with one attached hydrogen (secondary N) is 1. The van der Waals surface area contributed by atoms with Crippen LogP contribution >= 0.6 is 24.0 Å². The standard InChI is InChI=1S/C18H30N6.HI/c1-3-22-10-12-23(13-11-22)17-7-6-16(14-20-17)15-21-18(19-2)24-8-4-5-9-24;/h6-7,14H,3-5,8-13,15H2,1-2H3,(H,19,21);1H. The molecule has 2 fully saturated rings. The minimum Gasteiger partial charge on any atom is -0.354 e. The number of nitrogens with zero attached hydrogens (tertiary/aromatic N) is 5. The molecule has 1 aromatic rings. The molecule has 2 saturated heterocycles. The Balaban J connectivity index is 0.00000225. The summed E-state index contributed by atoms with van der Waals surface area (Å²) < 4.78 is 0. The molecule has 1 aromatic heterocycles. The molecule has 0 radical (unpaired) electrons. The summed E-state index contributed by atoms with van der Waals surface area (Å²) in [5, 5.41) is 3.46. The number of anilines is 1. The Morgan fingerprint density at radius 1 is 1.12 bits per heavy atom. The van der Waals surface area contributed by atoms with E-state index in [4.69, 9.17) is 0 Å². The highest BCUT2D eigenvalue weighted by Crippen LogP contribution is 2.14. The quantitative estimate of drug-likeness (QED) is 0.425. The van der Waals surface area contributed by atoms with Crippen molar-refractivity contribution in [1.29, 1.82) is 0 Å². The van der Waals surface area contributed by atoms with E-state index in [1.807, 2.05) is 13.2 Å². The largest absolute Gasteiger partial charge is 0.354 e. The van der Waals surface area contributed by atoms with Crippen LogP contribution in [0.15, 0.2) is 23.3 Å². The summed E-state index contributed by atoms with van der Waals surface area (Å²) in [5.41, 5.74) is 1.20. The first-order valence-corrected chi connectivity index (χ1v) is 9.18. The van der Waals surface area contributed by atoms with Crippen LogP contribution in [0.5, 0.6) is 0 Å². The van der Waals surface area contributed by atoms with Gasteiger partial charge in [0.1, 0.15) is 5.82 Å². The molecule has 0 bridgehead atoms. The molecule has 0 saturated carbocycles. The van der Waals surface area contributed by atoms with Crippen molar-refractivity contribution >= 4 is 35.8 Å². The van der Waals surface area contributed by atoms with E-state index in [1.54, 1.807) is 0 Å². The molecule has 0 unspecified atom stereocenters. The highest BCUT2D eigenvalue weighted by Gasteiger charge is 2.17. The van der Waals surface area contributed by atoms with Crippen LogP contribution in [0.4, 0.5) is 5.82 Å². The van der Waals surface area contributed by atoms with Crippen molar-refractivity contribution in [3.8, 4) is 0 Å². The van der Waals surface area contributed by atoms with E-state index in [-0.39, 0.29) is 24.0 Å². The fraction of sp³-hybridized carbons (Fsp3) is 0.667. The molecule has 25 heavy (non-hydrogen) atoms. The van der Waals surface area contributed by atoms with Gasteiger partial charge in [-0.15, -0.1) is 24.0 Å². The van der Waals surface area contributed by atoms with Crippen molar-refractivity contribution in [2.24, 2.45) is 4.99 Å². The molecule has 3 rings (SSSR count). The maximum Gasteiger partial charge on any atom is 0.193 e. The third-order valence-electron chi connectivity index (χ3n) is 5.02. The first kappa shape index (κ1) is 20.2. The van der Waals surface area contributed by atoms with E-state index < -0.39 is 0 Å². The van der Waals surface area contributed by atoms with Crippen molar-refractivity contribution in [3.63, 3.8) is 0 Å². The van der Waals surface area contributed by atoms with Crippen LogP contribution in [0.1, 0.15) is 25.3 Å². The molecule has 6 nitrogen and oxygen atoms in total. The minimum atomic E-state index is 0. The summed E-state index contributed by atoms with van der Waals surface area (Å²) in [7, 11) is 1.86. The van der Waals surface area contributed by atoms with E-state index in [1.165, 1.54) is 18.4 Å². The molecule has 0 atom stereocenters. The minimum absolute atomic E-state index is 0. The Kier molecular flexibility index (Phi) is 8.21. The molecule has 1 N–H and O–H groups in total. The normalized spacial score (nSPS) is 19.0. The average molecular weight is 458 g/mol. The zero-order valence-corrected chi connectivity index (χ0v) is 17.8. The zero-order chi connectivity index (χ0) is 16.8. The number of halogens is 1. The van der Waals surface area contributed by atoms with E-state index in [0.717, 1.165) is 64.1 Å². The van der Waals surface area contributed by atoms with Gasteiger partial charge in [-0.25, -0.2) is 4.98 Å². The first-order chi connectivity index (χ1) is 11.8. The van der Waals surface area contributed by atoms with Gasteiger partial charge in [-0.3, -0.25) is 4.99 Å². The topological polar surface area (TPSA) is 47.0 Å². The van der Waals surface area contributed by atoms with Gasteiger partial charge in [0.2, 0.25) is 0 Å². The van der Waals surface area contributed by atoms with E-state index in [9.17, 15) is 0 Å². The summed E-state index contributed by atoms with van der Waals surface area (Å²) in [6.45, 7) is 10.8. The number of likely N-dealkylation sites (tertiary alicyclic amines) is 1. The average Bonchev–Trinajstić information content (AvgIpc) is 3.17. The molecule has 0 amide bonds. The molecule has 3 heterocycles. The van der Waals surface area contributed by atoms with E-state index in [2.05, 4.69) is 49.0 Å². The first-order valence-electron chi connectivity index (χ1n) is 9.18. The van der Waals surface area contributed by atoms with E-state index >= 15 is 0 Å². The Bertz CT molecular complexity index is 533. The Labute approximate surface area is 168 Å². The molecule has 7 heteroatoms. The molecule has 0 aliphatic carbocycles. The predicted octanol–water partition coefficient (Wildman–Crippen LogP) is 2.01. The summed E-state index contributed by atoms with van der Waals surface area (Å²) in [6, 6.07) is 4.33. The van der Waals surface area contributed by atoms with Crippen LogP contribution in [0.25, 0.3) is 0 Å². The van der Waals surface area contributed by atoms with Gasteiger partial charge in [0.15, 0.2) is 5.96 Å². The van der Waals surface area contributed by atoms with Gasteiger partial charge in [0, 0.05) is 59.1 Å². The van der Waals surface area contributed by atoms with Crippen molar-refractivity contribution < 1.29 is 0 Å². The number of hydrogen-bond acceptors (Lipinski definition) is 4. The highest BCUT2D eigenvalue weighted by molar-refractivity contribution is 14.0. The fourth-order valence-corrected chi connectivity index (χ4v) is 3.44. The summed E-state index contributed by atoms with van der Waals surface area (Å²) in [4.78, 5) is 16.3. The molecular weight excluding hydrogens is 427 g/mol. The van der Waals surface area contributed by atoms with Crippen LogP contribution in [0.3, 0.4) is 0 Å². The number of guanidine groups is 1. The third kappa shape index (κ3) is 5.44. The Hall–Kier alpha value is -1.09. The molecule has 140 valence electrons. The summed E-state index contributed by atoms with van der Waals surface area (Å²) >= 11 is 0. The number of likely N-dealkylation sites (N-methyl/N-ethyl adjacent to an activating group) is 1. The van der Waals surface area contributed by atoms with Crippen LogP contribution < -0.4 is 10.2 Å². The lowest BCUT2D eigenvalue weighted by atomic mass is 10.2. The summed E-state index contributed by atoms with van der Waals surface area (Å²) in [6.07, 6.45) is 4.52. The number of aliphatic imine (C=N–C) groups is 1. The van der Waals surface area contributed by atoms with Gasteiger partial charge >= 0.3 is 0 Å². The van der Waals surface area contributed by atoms with Gasteiger partial charge in [-0.05, 0) is 31.0 Å². The number of rotatable bonds is 4. The lowest BCUT2D eigenvalue weighted by Gasteiger charge is -2.34. The number of piperazine rings is 1. The highest BCUT2D eigenvalue weighted by atomic mass is 127. The van der Waals surface area contributed by atoms with Crippen molar-refractivity contribution in [1.82, 2.24) is 20.1 Å². The van der Waals surface area contributed by atoms with Gasteiger partial charge in [-0.1, -0.05) is 13.0 Å². The molecule has 2 aliphatic heterocycles. The van der Waals surface area contributed by atoms with Crippen molar-refractivity contribution in [2.75, 3.05) is 57.8 Å². The van der Waals surface area contributed by atoms with Crippen LogP contribution in [0.2, 0.25) is 0 Å². The van der Waals surface area contributed by atoms with Gasteiger partial charge < -0.3 is 20.0 Å². The SMILES string of the molecule is CCN1CCN(c2ccc(CNC(=NC)N3CCCC3)cn2)CC1.I. The second-order valence-electron chi connectivity index (χ2n) is 6.54. The fourth-order valence-electron chi connectivity index (χ4n) is 3.44. The third-order valence-corrected chi connectivity index (χ3v) is 5.02. The predicted molar refractivity (Wildman–Crippen MR) is 115 cm³/mol. The van der Waals surface area contributed by atoms with Gasteiger partial charge in [0.05, 0.1) is 0 Å². The van der Waals surface area contributed by atoms with Crippen LogP contribution in [-0.4, -0.2) is 73.6 Å². The Morgan fingerprint density at radius 3 is 2.40 bits per heavy atom. The molecule has 0 spiro atoms. The molecule has 2 aliphatic rings. The maximum atomic E-state index is 4.67. The van der Waals surface area contributed by atoms with Crippen LogP contribution in [0, 0.1) is 0 Å². The van der Waals surface area contributed by atoms with Crippen molar-refractivity contribution in [3.05, 3.63) is 23.9 Å². The number of aromatic nitrogens is 1. The van der Waals surface area contributed by atoms with Gasteiger partial charge in [0.25, 0.3) is 0 Å². The summed E-state index contributed by atoms with van der Waals surface area (Å²) in [5.74, 6) is 2.10. The number of pyridine rings is 1. The lowest BCUT2D eigenvalue weighted by molar-refractivity contribution is 0.270. The lowest BCUT2D eigenvalue weighted by Crippen LogP contribution is -2.46. The molecule has 0 aromatic carbocycles. The van der Waals surface area contributed by atoms with Crippen LogP contribution in [-0.2, 0) is 6.54 Å². The second-order valence-corrected chi connectivity index (χ2v) is 6.54. The van der Waals surface area contributed by atoms with E-state index in [0.29, 0.717) is 0 Å². The Morgan fingerprint density at radius 2 is 1.84 bits per heavy atom. The number of hydrogen-bond donors (Lipinski definition) is 1. The van der Waals surface area contributed by atoms with Crippen molar-refractivity contribution in [2.45, 2.75) is 26.3 Å². The second kappa shape index (κ2) is 10.2. The zero-order valence-electron chi connectivity index (χ0n) is 15.4. The van der Waals surface area contributed by atoms with Gasteiger partial charge in [-0.2, -0.15) is 0 Å². The monoisotopic (exact) mass is 458 g/mol.